The Labute approximate surface area is 203 Å². The van der Waals surface area contributed by atoms with Gasteiger partial charge in [0.15, 0.2) is 11.5 Å². The third kappa shape index (κ3) is 4.70. The number of rotatable bonds is 5. The summed E-state index contributed by atoms with van der Waals surface area (Å²) in [5.74, 6) is 1.64. The minimum atomic E-state index is -0.630. The van der Waals surface area contributed by atoms with Crippen molar-refractivity contribution in [3.8, 4) is 39.8 Å². The summed E-state index contributed by atoms with van der Waals surface area (Å²) in [5, 5.41) is 3.64. The van der Waals surface area contributed by atoms with Crippen LogP contribution in [-0.4, -0.2) is 27.8 Å². The zero-order valence-electron chi connectivity index (χ0n) is 17.5. The monoisotopic (exact) mass is 497 g/mol. The lowest BCUT2D eigenvalue weighted by Crippen LogP contribution is -2.26. The van der Waals surface area contributed by atoms with Gasteiger partial charge in [0, 0.05) is 46.2 Å². The summed E-state index contributed by atoms with van der Waals surface area (Å²) < 4.78 is 16.0. The Morgan fingerprint density at radius 1 is 1.09 bits per heavy atom. The fraction of sp³-hybridized carbons (Fsp3) is 0.0870. The van der Waals surface area contributed by atoms with Crippen LogP contribution in [0.3, 0.4) is 0 Å². The van der Waals surface area contributed by atoms with Crippen molar-refractivity contribution in [1.82, 2.24) is 20.3 Å². The summed E-state index contributed by atoms with van der Waals surface area (Å²) >= 11 is 12.3. The molecule has 9 nitrogen and oxygen atoms in total. The van der Waals surface area contributed by atoms with Crippen molar-refractivity contribution >= 4 is 35.2 Å². The number of fused-ring (bicyclic) bond motifs is 1. The average Bonchev–Trinajstić information content (AvgIpc) is 3.46. The topological polar surface area (TPSA) is 124 Å². The van der Waals surface area contributed by atoms with E-state index in [2.05, 4.69) is 20.3 Å². The Morgan fingerprint density at radius 2 is 1.88 bits per heavy atom. The highest BCUT2D eigenvalue weighted by atomic mass is 35.5. The molecule has 3 heterocycles. The molecule has 0 bridgehead atoms. The molecule has 4 aromatic rings. The minimum Gasteiger partial charge on any atom is -0.454 e. The molecule has 2 aromatic heterocycles. The fourth-order valence-corrected chi connectivity index (χ4v) is 3.99. The third-order valence-corrected chi connectivity index (χ3v) is 5.42. The SMILES string of the molecule is Nc1ncc(-c2cc(Cl)cc(Cl)c2)c(-c2c[nH]c(OC(=O)NCc3ccc4c(c3)OCO4)c2)n1. The van der Waals surface area contributed by atoms with E-state index in [1.807, 2.05) is 6.07 Å². The molecular formula is C23H17Cl2N5O4. The maximum atomic E-state index is 12.3. The molecule has 0 fully saturated rings. The van der Waals surface area contributed by atoms with Crippen molar-refractivity contribution in [3.05, 3.63) is 70.5 Å². The molecule has 0 saturated heterocycles. The van der Waals surface area contributed by atoms with Crippen LogP contribution in [0.2, 0.25) is 10.0 Å². The summed E-state index contributed by atoms with van der Waals surface area (Å²) in [5.41, 5.74) is 9.21. The first kappa shape index (κ1) is 21.9. The second kappa shape index (κ2) is 9.12. The number of hydrogen-bond acceptors (Lipinski definition) is 7. The lowest BCUT2D eigenvalue weighted by atomic mass is 10.0. The number of benzene rings is 2. The van der Waals surface area contributed by atoms with Gasteiger partial charge in [0.2, 0.25) is 18.6 Å². The fourth-order valence-electron chi connectivity index (χ4n) is 3.47. The summed E-state index contributed by atoms with van der Waals surface area (Å²) in [6.07, 6.45) is 2.61. The van der Waals surface area contributed by atoms with Crippen LogP contribution < -0.4 is 25.3 Å². The van der Waals surface area contributed by atoms with Gasteiger partial charge in [-0.05, 0) is 41.5 Å². The van der Waals surface area contributed by atoms with Gasteiger partial charge in [-0.15, -0.1) is 0 Å². The van der Waals surface area contributed by atoms with Gasteiger partial charge in [0.25, 0.3) is 0 Å². The minimum absolute atomic E-state index is 0.0945. The highest BCUT2D eigenvalue weighted by molar-refractivity contribution is 6.35. The number of amides is 1. The van der Waals surface area contributed by atoms with Crippen LogP contribution in [0.15, 0.2) is 54.9 Å². The lowest BCUT2D eigenvalue weighted by Gasteiger charge is -2.09. The molecule has 0 radical (unpaired) electrons. The number of halogens is 2. The van der Waals surface area contributed by atoms with Gasteiger partial charge in [0.1, 0.15) is 0 Å². The van der Waals surface area contributed by atoms with Crippen LogP contribution in [0.5, 0.6) is 17.4 Å². The van der Waals surface area contributed by atoms with Crippen molar-refractivity contribution in [2.75, 3.05) is 12.5 Å². The van der Waals surface area contributed by atoms with Crippen molar-refractivity contribution in [2.24, 2.45) is 0 Å². The first-order valence-electron chi connectivity index (χ1n) is 10.1. The number of nitrogen functional groups attached to an aromatic ring is 1. The zero-order valence-corrected chi connectivity index (χ0v) is 19.0. The van der Waals surface area contributed by atoms with Crippen LogP contribution in [0.1, 0.15) is 5.56 Å². The summed E-state index contributed by atoms with van der Waals surface area (Å²) in [4.78, 5) is 23.7. The van der Waals surface area contributed by atoms with E-state index in [1.54, 1.807) is 48.8 Å². The van der Waals surface area contributed by atoms with Crippen LogP contribution in [-0.2, 0) is 6.54 Å². The standard InChI is InChI=1S/C23H17Cl2N5O4/c24-15-4-13(5-16(25)7-15)17-10-28-22(26)30-21(17)14-6-20(27-9-14)34-23(31)29-8-12-1-2-18-19(3-12)33-11-32-18/h1-7,9-10,27H,8,11H2,(H,29,31)(H2,26,28,30). The molecule has 0 unspecified atom stereocenters. The number of carbonyl (C=O) groups is 1. The van der Waals surface area contributed by atoms with Gasteiger partial charge < -0.3 is 30.2 Å². The Kier molecular flexibility index (Phi) is 5.87. The number of nitrogens with zero attached hydrogens (tertiary/aromatic N) is 2. The van der Waals surface area contributed by atoms with Crippen molar-refractivity contribution in [2.45, 2.75) is 6.54 Å². The van der Waals surface area contributed by atoms with Crippen molar-refractivity contribution in [3.63, 3.8) is 0 Å². The zero-order chi connectivity index (χ0) is 23.7. The molecule has 0 aliphatic carbocycles. The second-order valence-corrected chi connectivity index (χ2v) is 8.20. The molecular weight excluding hydrogens is 481 g/mol. The smallest absolute Gasteiger partial charge is 0.414 e. The van der Waals surface area contributed by atoms with E-state index in [0.29, 0.717) is 38.4 Å². The molecule has 172 valence electrons. The molecule has 0 atom stereocenters. The quantitative estimate of drug-likeness (QED) is 0.352. The molecule has 2 aromatic carbocycles. The van der Waals surface area contributed by atoms with Crippen LogP contribution in [0, 0.1) is 0 Å². The number of hydrogen-bond donors (Lipinski definition) is 3. The van der Waals surface area contributed by atoms with E-state index in [0.717, 1.165) is 11.1 Å². The van der Waals surface area contributed by atoms with E-state index in [-0.39, 0.29) is 25.2 Å². The maximum absolute atomic E-state index is 12.3. The highest BCUT2D eigenvalue weighted by Gasteiger charge is 2.16. The molecule has 34 heavy (non-hydrogen) atoms. The van der Waals surface area contributed by atoms with Gasteiger partial charge in [-0.2, -0.15) is 0 Å². The molecule has 0 saturated carbocycles. The normalized spacial score (nSPS) is 11.9. The lowest BCUT2D eigenvalue weighted by molar-refractivity contribution is 0.174. The van der Waals surface area contributed by atoms with E-state index >= 15 is 0 Å². The molecule has 1 aliphatic heterocycles. The first-order chi connectivity index (χ1) is 16.4. The number of ether oxygens (including phenoxy) is 3. The van der Waals surface area contributed by atoms with E-state index in [4.69, 9.17) is 43.1 Å². The van der Waals surface area contributed by atoms with Crippen molar-refractivity contribution < 1.29 is 19.0 Å². The highest BCUT2D eigenvalue weighted by Crippen LogP contribution is 2.35. The Bertz CT molecular complexity index is 1370. The average molecular weight is 498 g/mol. The second-order valence-electron chi connectivity index (χ2n) is 7.33. The molecule has 11 heteroatoms. The third-order valence-electron chi connectivity index (χ3n) is 4.99. The van der Waals surface area contributed by atoms with Gasteiger partial charge in [-0.3, -0.25) is 0 Å². The Hall–Kier alpha value is -3.95. The van der Waals surface area contributed by atoms with Crippen LogP contribution in [0.4, 0.5) is 10.7 Å². The molecule has 0 spiro atoms. The van der Waals surface area contributed by atoms with Crippen LogP contribution >= 0.6 is 23.2 Å². The number of aromatic amines is 1. The molecule has 1 aliphatic rings. The number of nitrogens with one attached hydrogen (secondary N) is 2. The first-order valence-corrected chi connectivity index (χ1v) is 10.8. The number of aromatic nitrogens is 3. The Balaban J connectivity index is 1.31. The molecule has 4 N–H and O–H groups in total. The van der Waals surface area contributed by atoms with E-state index in [1.165, 1.54) is 0 Å². The summed E-state index contributed by atoms with van der Waals surface area (Å²) in [7, 11) is 0. The Morgan fingerprint density at radius 3 is 2.71 bits per heavy atom. The van der Waals surface area contributed by atoms with Gasteiger partial charge in [-0.25, -0.2) is 14.8 Å². The van der Waals surface area contributed by atoms with E-state index < -0.39 is 6.09 Å². The predicted molar refractivity (Wildman–Crippen MR) is 127 cm³/mol. The number of carbonyl (C=O) groups excluding carboxylic acids is 1. The summed E-state index contributed by atoms with van der Waals surface area (Å²) in [6.45, 7) is 0.443. The van der Waals surface area contributed by atoms with Gasteiger partial charge in [0.05, 0.1) is 5.69 Å². The summed E-state index contributed by atoms with van der Waals surface area (Å²) in [6, 6.07) is 12.2. The number of anilines is 1. The number of H-pyrrole nitrogens is 1. The van der Waals surface area contributed by atoms with Crippen LogP contribution in [0.25, 0.3) is 22.4 Å². The largest absolute Gasteiger partial charge is 0.454 e. The van der Waals surface area contributed by atoms with E-state index in [9.17, 15) is 4.79 Å². The van der Waals surface area contributed by atoms with Crippen molar-refractivity contribution in [1.29, 1.82) is 0 Å². The predicted octanol–water partition coefficient (Wildman–Crippen LogP) is 5.05. The molecule has 5 rings (SSSR count). The number of nitrogens with two attached hydrogens (primary N) is 1. The maximum Gasteiger partial charge on any atom is 0.414 e. The van der Waals surface area contributed by atoms with Gasteiger partial charge in [-0.1, -0.05) is 29.3 Å². The molecule has 1 amide bonds. The van der Waals surface area contributed by atoms with Gasteiger partial charge >= 0.3 is 6.09 Å².